The molecule has 1 aromatic heterocycles. The van der Waals surface area contributed by atoms with Crippen LogP contribution in [0, 0.1) is 10.1 Å². The first kappa shape index (κ1) is 15.6. The Morgan fingerprint density at radius 1 is 1.41 bits per heavy atom. The summed E-state index contributed by atoms with van der Waals surface area (Å²) in [4.78, 5) is 39.3. The summed E-state index contributed by atoms with van der Waals surface area (Å²) in [6.07, 6.45) is 1.32. The van der Waals surface area contributed by atoms with Crippen LogP contribution < -0.4 is 10.7 Å². The van der Waals surface area contributed by atoms with Crippen LogP contribution in [0.5, 0.6) is 0 Å². The summed E-state index contributed by atoms with van der Waals surface area (Å²) in [6, 6.07) is 3.92. The van der Waals surface area contributed by atoms with Crippen molar-refractivity contribution in [1.29, 1.82) is 0 Å². The molecular formula is C14H16N4O4. The van der Waals surface area contributed by atoms with Gasteiger partial charge < -0.3 is 15.2 Å². The second-order valence-electron chi connectivity index (χ2n) is 5.08. The number of rotatable bonds is 5. The number of carbonyl (C=O) groups is 1. The molecule has 0 spiro atoms. The van der Waals surface area contributed by atoms with Gasteiger partial charge in [0.15, 0.2) is 0 Å². The molecule has 0 aliphatic carbocycles. The number of benzene rings is 1. The lowest BCUT2D eigenvalue weighted by molar-refractivity contribution is -0.384. The van der Waals surface area contributed by atoms with Gasteiger partial charge in [-0.3, -0.25) is 19.7 Å². The minimum atomic E-state index is -0.581. The average molecular weight is 304 g/mol. The molecule has 22 heavy (non-hydrogen) atoms. The van der Waals surface area contributed by atoms with Gasteiger partial charge >= 0.3 is 0 Å². The second-order valence-corrected chi connectivity index (χ2v) is 5.08. The highest BCUT2D eigenvalue weighted by atomic mass is 16.6. The fraction of sp³-hybridized carbons (Fsp3) is 0.286. The number of aromatic nitrogens is 1. The number of fused-ring (bicyclic) bond motifs is 1. The maximum atomic E-state index is 12.3. The zero-order valence-electron chi connectivity index (χ0n) is 12.3. The van der Waals surface area contributed by atoms with Gasteiger partial charge in [0, 0.05) is 36.9 Å². The molecule has 0 atom stereocenters. The van der Waals surface area contributed by atoms with Gasteiger partial charge in [0.1, 0.15) is 5.56 Å². The van der Waals surface area contributed by atoms with E-state index in [1.54, 1.807) is 0 Å². The highest BCUT2D eigenvalue weighted by molar-refractivity contribution is 5.97. The molecule has 1 aromatic carbocycles. The predicted octanol–water partition coefficient (Wildman–Crippen LogP) is 0.728. The van der Waals surface area contributed by atoms with Gasteiger partial charge in [-0.1, -0.05) is 0 Å². The third kappa shape index (κ3) is 3.29. The highest BCUT2D eigenvalue weighted by Gasteiger charge is 2.15. The molecule has 116 valence electrons. The third-order valence-electron chi connectivity index (χ3n) is 3.16. The van der Waals surface area contributed by atoms with E-state index < -0.39 is 16.3 Å². The van der Waals surface area contributed by atoms with Gasteiger partial charge in [-0.15, -0.1) is 0 Å². The fourth-order valence-corrected chi connectivity index (χ4v) is 1.98. The van der Waals surface area contributed by atoms with Crippen molar-refractivity contribution in [1.82, 2.24) is 15.2 Å². The summed E-state index contributed by atoms with van der Waals surface area (Å²) in [5.41, 5.74) is -0.338. The number of H-pyrrole nitrogens is 1. The summed E-state index contributed by atoms with van der Waals surface area (Å²) in [5, 5.41) is 13.5. The van der Waals surface area contributed by atoms with Crippen LogP contribution in [0.3, 0.4) is 0 Å². The Balaban J connectivity index is 2.35. The minimum Gasteiger partial charge on any atom is -0.360 e. The number of pyridine rings is 1. The van der Waals surface area contributed by atoms with E-state index in [0.29, 0.717) is 18.6 Å². The molecule has 0 bridgehead atoms. The van der Waals surface area contributed by atoms with Crippen molar-refractivity contribution < 1.29 is 9.72 Å². The van der Waals surface area contributed by atoms with Crippen LogP contribution >= 0.6 is 0 Å². The number of nitrogens with one attached hydrogen (secondary N) is 2. The average Bonchev–Trinajstić information content (AvgIpc) is 2.46. The summed E-state index contributed by atoms with van der Waals surface area (Å²) in [6.45, 7) is 1.04. The molecule has 0 saturated heterocycles. The van der Waals surface area contributed by atoms with Crippen molar-refractivity contribution in [3.63, 3.8) is 0 Å². The molecule has 0 saturated carbocycles. The molecule has 1 heterocycles. The van der Waals surface area contributed by atoms with Gasteiger partial charge in [0.05, 0.1) is 10.3 Å². The molecule has 0 unspecified atom stereocenters. The van der Waals surface area contributed by atoms with Crippen molar-refractivity contribution in [2.24, 2.45) is 0 Å². The molecular weight excluding hydrogens is 288 g/mol. The molecule has 1 amide bonds. The monoisotopic (exact) mass is 304 g/mol. The number of aromatic amines is 1. The molecule has 8 heteroatoms. The maximum absolute atomic E-state index is 12.3. The minimum absolute atomic E-state index is 0.0632. The van der Waals surface area contributed by atoms with Crippen molar-refractivity contribution in [2.45, 2.75) is 0 Å². The molecule has 0 aliphatic heterocycles. The smallest absolute Gasteiger partial charge is 0.270 e. The van der Waals surface area contributed by atoms with Gasteiger partial charge in [-0.25, -0.2) is 0 Å². The normalized spacial score (nSPS) is 10.9. The van der Waals surface area contributed by atoms with E-state index in [-0.39, 0.29) is 16.6 Å². The Bertz CT molecular complexity index is 782. The number of amides is 1. The molecule has 0 fully saturated rings. The number of non-ortho nitro benzene ring substituents is 1. The van der Waals surface area contributed by atoms with E-state index in [0.717, 1.165) is 0 Å². The summed E-state index contributed by atoms with van der Waals surface area (Å²) in [5.74, 6) is -0.503. The lowest BCUT2D eigenvalue weighted by atomic mass is 10.1. The first-order valence-electron chi connectivity index (χ1n) is 6.63. The molecule has 0 radical (unpaired) electrons. The van der Waals surface area contributed by atoms with Gasteiger partial charge in [0.25, 0.3) is 11.6 Å². The van der Waals surface area contributed by atoms with E-state index >= 15 is 0 Å². The van der Waals surface area contributed by atoms with Crippen LogP contribution in [0.2, 0.25) is 0 Å². The van der Waals surface area contributed by atoms with Crippen LogP contribution in [-0.4, -0.2) is 47.9 Å². The zero-order valence-corrected chi connectivity index (χ0v) is 12.3. The Hall–Kier alpha value is -2.74. The topological polar surface area (TPSA) is 108 Å². The number of hydrogen-bond donors (Lipinski definition) is 2. The summed E-state index contributed by atoms with van der Waals surface area (Å²) in [7, 11) is 3.74. The largest absolute Gasteiger partial charge is 0.360 e. The molecule has 8 nitrogen and oxygen atoms in total. The molecule has 0 aliphatic rings. The van der Waals surface area contributed by atoms with E-state index in [9.17, 15) is 19.7 Å². The van der Waals surface area contributed by atoms with Gasteiger partial charge in [-0.05, 0) is 20.2 Å². The van der Waals surface area contributed by atoms with Crippen LogP contribution in [0.15, 0.2) is 29.2 Å². The molecule has 2 N–H and O–H groups in total. The third-order valence-corrected chi connectivity index (χ3v) is 3.16. The number of likely N-dealkylation sites (N-methyl/N-ethyl adjacent to an activating group) is 1. The standard InChI is InChI=1S/C14H16N4O4/c1-17(2)6-5-15-14(20)11-8-16-12-4-3-9(18(21)22)7-10(12)13(11)19/h3-4,7-8H,5-6H2,1-2H3,(H,15,20)(H,16,19). The Labute approximate surface area is 125 Å². The van der Waals surface area contributed by atoms with E-state index in [4.69, 9.17) is 0 Å². The summed E-state index contributed by atoms with van der Waals surface area (Å²) < 4.78 is 0. The lowest BCUT2D eigenvalue weighted by Gasteiger charge is -2.10. The number of nitro groups is 1. The second kappa shape index (κ2) is 6.35. The van der Waals surface area contributed by atoms with Crippen molar-refractivity contribution >= 4 is 22.5 Å². The number of nitro benzene ring substituents is 1. The van der Waals surface area contributed by atoms with E-state index in [1.807, 2.05) is 19.0 Å². The van der Waals surface area contributed by atoms with Crippen LogP contribution in [-0.2, 0) is 0 Å². The van der Waals surface area contributed by atoms with Crippen molar-refractivity contribution in [3.05, 3.63) is 50.3 Å². The van der Waals surface area contributed by atoms with E-state index in [2.05, 4.69) is 10.3 Å². The molecule has 2 rings (SSSR count). The van der Waals surface area contributed by atoms with Crippen LogP contribution in [0.25, 0.3) is 10.9 Å². The lowest BCUT2D eigenvalue weighted by Crippen LogP contribution is -2.34. The number of carbonyl (C=O) groups excluding carboxylic acids is 1. The fourth-order valence-electron chi connectivity index (χ4n) is 1.98. The number of nitrogens with zero attached hydrogens (tertiary/aromatic N) is 2. The zero-order chi connectivity index (χ0) is 16.3. The predicted molar refractivity (Wildman–Crippen MR) is 82.1 cm³/mol. The first-order valence-corrected chi connectivity index (χ1v) is 6.63. The van der Waals surface area contributed by atoms with Crippen LogP contribution in [0.1, 0.15) is 10.4 Å². The number of hydrogen-bond acceptors (Lipinski definition) is 5. The van der Waals surface area contributed by atoms with E-state index in [1.165, 1.54) is 24.4 Å². The quantitative estimate of drug-likeness (QED) is 0.625. The molecule has 2 aromatic rings. The SMILES string of the molecule is CN(C)CCNC(=O)c1c[nH]c2ccc([N+](=O)[O-])cc2c1=O. The van der Waals surface area contributed by atoms with Gasteiger partial charge in [0.2, 0.25) is 5.43 Å². The Morgan fingerprint density at radius 2 is 2.14 bits per heavy atom. The maximum Gasteiger partial charge on any atom is 0.270 e. The van der Waals surface area contributed by atoms with Crippen molar-refractivity contribution in [2.75, 3.05) is 27.2 Å². The van der Waals surface area contributed by atoms with Gasteiger partial charge in [-0.2, -0.15) is 0 Å². The van der Waals surface area contributed by atoms with Crippen molar-refractivity contribution in [3.8, 4) is 0 Å². The Morgan fingerprint density at radius 3 is 2.77 bits per heavy atom. The van der Waals surface area contributed by atoms with Crippen LogP contribution in [0.4, 0.5) is 5.69 Å². The highest BCUT2D eigenvalue weighted by Crippen LogP contribution is 2.16. The Kier molecular flexibility index (Phi) is 4.52. The summed E-state index contributed by atoms with van der Waals surface area (Å²) >= 11 is 0. The first-order chi connectivity index (χ1) is 10.4.